The summed E-state index contributed by atoms with van der Waals surface area (Å²) in [5.74, 6) is 0.978. The van der Waals surface area contributed by atoms with Crippen molar-refractivity contribution in [1.82, 2.24) is 4.90 Å². The van der Waals surface area contributed by atoms with Crippen molar-refractivity contribution in [2.24, 2.45) is 0 Å². The summed E-state index contributed by atoms with van der Waals surface area (Å²) in [6, 6.07) is 25.6. The maximum absolute atomic E-state index is 11.7. The summed E-state index contributed by atoms with van der Waals surface area (Å²) in [7, 11) is 1.69. The minimum Gasteiger partial charge on any atom is -0.508 e. The quantitative estimate of drug-likeness (QED) is 0.397. The van der Waals surface area contributed by atoms with Crippen LogP contribution in [0.5, 0.6) is 11.5 Å². The van der Waals surface area contributed by atoms with Crippen LogP contribution in [0.2, 0.25) is 0 Å². The van der Waals surface area contributed by atoms with Gasteiger partial charge in [0.1, 0.15) is 18.1 Å². The first-order chi connectivity index (χ1) is 16.0. The lowest BCUT2D eigenvalue weighted by atomic mass is 9.88. The number of aromatic hydroxyl groups is 1. The van der Waals surface area contributed by atoms with Gasteiger partial charge in [0, 0.05) is 7.05 Å². The van der Waals surface area contributed by atoms with Gasteiger partial charge in [-0.2, -0.15) is 0 Å². The van der Waals surface area contributed by atoms with Crippen LogP contribution in [0.25, 0.3) is 11.1 Å². The summed E-state index contributed by atoms with van der Waals surface area (Å²) in [6.07, 6.45) is 0.506. The second kappa shape index (κ2) is 11.8. The molecular formula is C28H31NO4. The van der Waals surface area contributed by atoms with E-state index in [4.69, 9.17) is 9.47 Å². The van der Waals surface area contributed by atoms with Crippen LogP contribution < -0.4 is 4.74 Å². The first-order valence-electron chi connectivity index (χ1n) is 11.2. The summed E-state index contributed by atoms with van der Waals surface area (Å²) < 4.78 is 10.8. The fraction of sp³-hybridized carbons (Fsp3) is 0.250. The largest absolute Gasteiger partial charge is 0.508 e. The van der Waals surface area contributed by atoms with Gasteiger partial charge in [0.25, 0.3) is 0 Å². The van der Waals surface area contributed by atoms with Gasteiger partial charge >= 0.3 is 6.09 Å². The molecule has 0 atom stereocenters. The van der Waals surface area contributed by atoms with Crippen LogP contribution in [-0.2, 0) is 4.74 Å². The molecular weight excluding hydrogens is 414 g/mol. The van der Waals surface area contributed by atoms with Crippen molar-refractivity contribution in [3.63, 3.8) is 0 Å². The molecule has 0 aromatic heterocycles. The zero-order valence-corrected chi connectivity index (χ0v) is 19.5. The Morgan fingerprint density at radius 2 is 1.45 bits per heavy atom. The molecule has 0 aliphatic carbocycles. The van der Waals surface area contributed by atoms with E-state index in [1.807, 2.05) is 54.6 Å². The van der Waals surface area contributed by atoms with Crippen LogP contribution in [0, 0.1) is 0 Å². The van der Waals surface area contributed by atoms with Gasteiger partial charge in [0.2, 0.25) is 0 Å². The van der Waals surface area contributed by atoms with Crippen molar-refractivity contribution < 1.29 is 19.4 Å². The molecule has 0 heterocycles. The number of phenols is 1. The van der Waals surface area contributed by atoms with E-state index in [1.165, 1.54) is 16.0 Å². The third-order valence-corrected chi connectivity index (χ3v) is 5.35. The monoisotopic (exact) mass is 445 g/mol. The zero-order valence-electron chi connectivity index (χ0n) is 19.5. The Morgan fingerprint density at radius 3 is 2.03 bits per heavy atom. The fourth-order valence-corrected chi connectivity index (χ4v) is 3.65. The van der Waals surface area contributed by atoms with Gasteiger partial charge in [-0.1, -0.05) is 61.5 Å². The van der Waals surface area contributed by atoms with Crippen molar-refractivity contribution in [2.45, 2.75) is 20.3 Å². The number of nitrogens with zero attached hydrogens (tertiary/aromatic N) is 1. The summed E-state index contributed by atoms with van der Waals surface area (Å²) in [6.45, 7) is 5.10. The number of rotatable bonds is 9. The molecule has 0 spiro atoms. The van der Waals surface area contributed by atoms with Crippen molar-refractivity contribution in [3.05, 3.63) is 95.6 Å². The number of allylic oxidation sites excluding steroid dienone is 1. The Labute approximate surface area is 195 Å². The number of benzene rings is 3. The third kappa shape index (κ3) is 6.39. The molecule has 0 saturated heterocycles. The summed E-state index contributed by atoms with van der Waals surface area (Å²) in [5, 5.41) is 9.78. The lowest BCUT2D eigenvalue weighted by Gasteiger charge is -2.18. The fourth-order valence-electron chi connectivity index (χ4n) is 3.65. The predicted molar refractivity (Wildman–Crippen MR) is 132 cm³/mol. The third-order valence-electron chi connectivity index (χ3n) is 5.35. The smallest absolute Gasteiger partial charge is 0.409 e. The van der Waals surface area contributed by atoms with E-state index in [0.717, 1.165) is 28.9 Å². The molecule has 1 N–H and O–H groups in total. The number of phenolic OH excluding ortho intramolecular Hbond substituents is 1. The van der Waals surface area contributed by atoms with Crippen LogP contribution in [0.1, 0.15) is 37.0 Å². The minimum absolute atomic E-state index is 0.243. The van der Waals surface area contributed by atoms with Gasteiger partial charge in [-0.3, -0.25) is 0 Å². The Balaban J connectivity index is 1.85. The van der Waals surface area contributed by atoms with Gasteiger partial charge < -0.3 is 19.5 Å². The van der Waals surface area contributed by atoms with Crippen molar-refractivity contribution in [2.75, 3.05) is 26.8 Å². The Morgan fingerprint density at radius 1 is 0.848 bits per heavy atom. The topological polar surface area (TPSA) is 59.0 Å². The molecule has 172 valence electrons. The molecule has 1 amide bonds. The molecule has 5 heteroatoms. The van der Waals surface area contributed by atoms with Crippen molar-refractivity contribution in [3.8, 4) is 11.5 Å². The predicted octanol–water partition coefficient (Wildman–Crippen LogP) is 6.23. The average molecular weight is 446 g/mol. The molecule has 3 aromatic carbocycles. The molecule has 0 saturated carbocycles. The molecule has 5 nitrogen and oxygen atoms in total. The van der Waals surface area contributed by atoms with E-state index in [2.05, 4.69) is 19.1 Å². The summed E-state index contributed by atoms with van der Waals surface area (Å²) >= 11 is 0. The van der Waals surface area contributed by atoms with E-state index in [1.54, 1.807) is 26.1 Å². The van der Waals surface area contributed by atoms with E-state index in [-0.39, 0.29) is 11.8 Å². The number of likely N-dealkylation sites (N-methyl/N-ethyl adjacent to an activating group) is 1. The Bertz CT molecular complexity index is 1060. The normalized spacial score (nSPS) is 11.5. The van der Waals surface area contributed by atoms with Crippen LogP contribution in [0.15, 0.2) is 78.9 Å². The van der Waals surface area contributed by atoms with E-state index in [0.29, 0.717) is 19.8 Å². The highest BCUT2D eigenvalue weighted by Crippen LogP contribution is 2.35. The number of hydrogen-bond acceptors (Lipinski definition) is 4. The molecule has 0 aliphatic heterocycles. The zero-order chi connectivity index (χ0) is 23.6. The summed E-state index contributed by atoms with van der Waals surface area (Å²) in [5.41, 5.74) is 5.63. The van der Waals surface area contributed by atoms with E-state index < -0.39 is 0 Å². The SMILES string of the molecule is CCOC(=O)N(C)CCOc1ccc(/C(=C(\CC)c2ccccc2)c2ccc(O)cc2)cc1. The lowest BCUT2D eigenvalue weighted by Crippen LogP contribution is -2.31. The van der Waals surface area contributed by atoms with Gasteiger partial charge in [0.15, 0.2) is 0 Å². The van der Waals surface area contributed by atoms with Crippen LogP contribution in [0.4, 0.5) is 4.79 Å². The standard InChI is InChI=1S/C28H31NO4/c1-4-26(21-9-7-6-8-10-21)27(22-11-15-24(30)16-12-22)23-13-17-25(18-14-23)33-20-19-29(3)28(31)32-5-2/h6-18,30H,4-5,19-20H2,1-3H3/b27-26+. The molecule has 0 bridgehead atoms. The first kappa shape index (κ1) is 23.9. The molecule has 0 unspecified atom stereocenters. The van der Waals surface area contributed by atoms with Gasteiger partial charge in [-0.15, -0.1) is 0 Å². The second-order valence-corrected chi connectivity index (χ2v) is 7.61. The molecule has 0 radical (unpaired) electrons. The highest BCUT2D eigenvalue weighted by molar-refractivity contribution is 5.98. The highest BCUT2D eigenvalue weighted by Gasteiger charge is 2.14. The maximum Gasteiger partial charge on any atom is 0.409 e. The van der Waals surface area contributed by atoms with Crippen LogP contribution in [-0.4, -0.2) is 42.9 Å². The van der Waals surface area contributed by atoms with E-state index >= 15 is 0 Å². The number of carbonyl (C=O) groups excluding carboxylic acids is 1. The molecule has 3 aromatic rings. The number of carbonyl (C=O) groups is 1. The maximum atomic E-state index is 11.7. The average Bonchev–Trinajstić information content (AvgIpc) is 2.84. The Hall–Kier alpha value is -3.73. The number of hydrogen-bond donors (Lipinski definition) is 1. The minimum atomic E-state index is -0.354. The Kier molecular flexibility index (Phi) is 8.53. The van der Waals surface area contributed by atoms with Gasteiger partial charge in [0.05, 0.1) is 13.2 Å². The highest BCUT2D eigenvalue weighted by atomic mass is 16.6. The number of amides is 1. The van der Waals surface area contributed by atoms with Gasteiger partial charge in [-0.25, -0.2) is 4.79 Å². The number of ether oxygens (including phenoxy) is 2. The van der Waals surface area contributed by atoms with E-state index in [9.17, 15) is 9.90 Å². The van der Waals surface area contributed by atoms with Crippen molar-refractivity contribution in [1.29, 1.82) is 0 Å². The molecule has 0 fully saturated rings. The first-order valence-corrected chi connectivity index (χ1v) is 11.2. The van der Waals surface area contributed by atoms with Crippen LogP contribution >= 0.6 is 0 Å². The molecule has 0 aliphatic rings. The van der Waals surface area contributed by atoms with Gasteiger partial charge in [-0.05, 0) is 65.4 Å². The van der Waals surface area contributed by atoms with Crippen molar-refractivity contribution >= 4 is 17.2 Å². The summed E-state index contributed by atoms with van der Waals surface area (Å²) in [4.78, 5) is 13.2. The molecule has 3 rings (SSSR count). The lowest BCUT2D eigenvalue weighted by molar-refractivity contribution is 0.110. The molecule has 33 heavy (non-hydrogen) atoms. The van der Waals surface area contributed by atoms with Crippen LogP contribution in [0.3, 0.4) is 0 Å². The second-order valence-electron chi connectivity index (χ2n) is 7.61.